The minimum Gasteiger partial charge on any atom is -0.381 e. The van der Waals surface area contributed by atoms with E-state index < -0.39 is 0 Å². The molecule has 1 fully saturated rings. The maximum Gasteiger partial charge on any atom is 0.101 e. The van der Waals surface area contributed by atoms with E-state index in [-0.39, 0.29) is 0 Å². The lowest BCUT2D eigenvalue weighted by molar-refractivity contribution is 0.456. The molecule has 1 aromatic carbocycles. The van der Waals surface area contributed by atoms with E-state index in [1.807, 2.05) is 24.3 Å². The Morgan fingerprint density at radius 2 is 2.21 bits per heavy atom. The number of benzene rings is 1. The Bertz CT molecular complexity index is 428. The fraction of sp³-hybridized carbons (Fsp3) is 0.562. The van der Waals surface area contributed by atoms with Crippen LogP contribution in [0.4, 0.5) is 5.69 Å². The van der Waals surface area contributed by atoms with Crippen LogP contribution in [-0.4, -0.2) is 18.6 Å². The van der Waals surface area contributed by atoms with Crippen molar-refractivity contribution in [3.8, 4) is 6.07 Å². The van der Waals surface area contributed by atoms with Gasteiger partial charge in [-0.25, -0.2) is 0 Å². The molecular weight excluding hydrogens is 234 g/mol. The largest absolute Gasteiger partial charge is 0.381 e. The summed E-state index contributed by atoms with van der Waals surface area (Å²) >= 11 is 0. The van der Waals surface area contributed by atoms with Gasteiger partial charge >= 0.3 is 0 Å². The van der Waals surface area contributed by atoms with Crippen molar-refractivity contribution in [3.63, 3.8) is 0 Å². The number of hydrogen-bond acceptors (Lipinski definition) is 3. The molecule has 3 heteroatoms. The third-order valence-corrected chi connectivity index (χ3v) is 3.75. The number of nitriles is 1. The molecule has 0 bridgehead atoms. The highest BCUT2D eigenvalue weighted by Crippen LogP contribution is 2.18. The molecule has 2 atom stereocenters. The van der Waals surface area contributed by atoms with Crippen LogP contribution in [0.1, 0.15) is 44.6 Å². The fourth-order valence-corrected chi connectivity index (χ4v) is 2.76. The third-order valence-electron chi connectivity index (χ3n) is 3.75. The molecule has 2 unspecified atom stereocenters. The molecule has 0 radical (unpaired) electrons. The fourth-order valence-electron chi connectivity index (χ4n) is 2.76. The van der Waals surface area contributed by atoms with Crippen molar-refractivity contribution in [2.75, 3.05) is 11.9 Å². The van der Waals surface area contributed by atoms with Gasteiger partial charge in [-0.05, 0) is 44.9 Å². The van der Waals surface area contributed by atoms with Gasteiger partial charge in [-0.15, -0.1) is 0 Å². The average Bonchev–Trinajstić information content (AvgIpc) is 2.68. The summed E-state index contributed by atoms with van der Waals surface area (Å²) in [6, 6.07) is 10.9. The van der Waals surface area contributed by atoms with Gasteiger partial charge in [0.1, 0.15) is 6.07 Å². The molecule has 0 spiro atoms. The summed E-state index contributed by atoms with van der Waals surface area (Å²) in [6.45, 7) is 3.34. The summed E-state index contributed by atoms with van der Waals surface area (Å²) in [5, 5.41) is 16.2. The molecule has 1 aromatic rings. The molecule has 0 aliphatic carbocycles. The standard InChI is InChI=1S/C16H23N3/c1-13(11-15-8-3-2-6-10-18-15)19-16-9-5-4-7-14(16)12-17/h4-5,7,9,13,15,18-19H,2-3,6,8,10-11H2,1H3. The Kier molecular flexibility index (Phi) is 5.23. The number of nitrogens with one attached hydrogen (secondary N) is 2. The van der Waals surface area contributed by atoms with Gasteiger partial charge in [-0.3, -0.25) is 0 Å². The van der Waals surface area contributed by atoms with Crippen LogP contribution < -0.4 is 10.6 Å². The van der Waals surface area contributed by atoms with Crippen molar-refractivity contribution in [1.82, 2.24) is 5.32 Å². The highest BCUT2D eigenvalue weighted by Gasteiger charge is 2.15. The van der Waals surface area contributed by atoms with Gasteiger partial charge < -0.3 is 10.6 Å². The molecule has 2 rings (SSSR count). The zero-order chi connectivity index (χ0) is 13.5. The van der Waals surface area contributed by atoms with Crippen LogP contribution in [0.2, 0.25) is 0 Å². The van der Waals surface area contributed by atoms with Crippen LogP contribution in [0.25, 0.3) is 0 Å². The molecule has 2 N–H and O–H groups in total. The SMILES string of the molecule is CC(CC1CCCCCN1)Nc1ccccc1C#N. The summed E-state index contributed by atoms with van der Waals surface area (Å²) in [5.41, 5.74) is 1.68. The smallest absolute Gasteiger partial charge is 0.101 e. The second-order valence-electron chi connectivity index (χ2n) is 5.44. The van der Waals surface area contributed by atoms with Crippen molar-refractivity contribution < 1.29 is 0 Å². The van der Waals surface area contributed by atoms with E-state index in [1.165, 1.54) is 25.7 Å². The summed E-state index contributed by atoms with van der Waals surface area (Å²) in [4.78, 5) is 0. The van der Waals surface area contributed by atoms with Gasteiger partial charge in [-0.2, -0.15) is 5.26 Å². The van der Waals surface area contributed by atoms with E-state index in [9.17, 15) is 0 Å². The quantitative estimate of drug-likeness (QED) is 0.870. The first-order valence-corrected chi connectivity index (χ1v) is 7.28. The van der Waals surface area contributed by atoms with E-state index in [0.717, 1.165) is 24.2 Å². The van der Waals surface area contributed by atoms with Crippen LogP contribution in [0.15, 0.2) is 24.3 Å². The Morgan fingerprint density at radius 1 is 1.37 bits per heavy atom. The topological polar surface area (TPSA) is 47.8 Å². The van der Waals surface area contributed by atoms with Crippen molar-refractivity contribution in [3.05, 3.63) is 29.8 Å². The van der Waals surface area contributed by atoms with Crippen molar-refractivity contribution >= 4 is 5.69 Å². The molecule has 102 valence electrons. The summed E-state index contributed by atoms with van der Waals surface area (Å²) < 4.78 is 0. The zero-order valence-electron chi connectivity index (χ0n) is 11.7. The van der Waals surface area contributed by atoms with E-state index in [1.54, 1.807) is 0 Å². The lowest BCUT2D eigenvalue weighted by Gasteiger charge is -2.22. The van der Waals surface area contributed by atoms with E-state index >= 15 is 0 Å². The number of hydrogen-bond donors (Lipinski definition) is 2. The molecule has 1 aliphatic heterocycles. The predicted octanol–water partition coefficient (Wildman–Crippen LogP) is 3.28. The lowest BCUT2D eigenvalue weighted by atomic mass is 10.0. The van der Waals surface area contributed by atoms with Crippen LogP contribution in [-0.2, 0) is 0 Å². The van der Waals surface area contributed by atoms with Crippen LogP contribution in [0, 0.1) is 11.3 Å². The van der Waals surface area contributed by atoms with Gasteiger partial charge in [0.05, 0.1) is 11.3 Å². The molecule has 0 amide bonds. The number of para-hydroxylation sites is 1. The maximum absolute atomic E-state index is 9.09. The Hall–Kier alpha value is -1.53. The number of rotatable bonds is 4. The first-order chi connectivity index (χ1) is 9.29. The van der Waals surface area contributed by atoms with Gasteiger partial charge in [0.15, 0.2) is 0 Å². The van der Waals surface area contributed by atoms with Gasteiger partial charge in [0.2, 0.25) is 0 Å². The molecule has 1 heterocycles. The minimum atomic E-state index is 0.380. The van der Waals surface area contributed by atoms with Gasteiger partial charge in [0.25, 0.3) is 0 Å². The molecule has 1 saturated heterocycles. The maximum atomic E-state index is 9.09. The van der Waals surface area contributed by atoms with Crippen molar-refractivity contribution in [2.24, 2.45) is 0 Å². The first-order valence-electron chi connectivity index (χ1n) is 7.28. The zero-order valence-corrected chi connectivity index (χ0v) is 11.7. The molecular formula is C16H23N3. The Morgan fingerprint density at radius 3 is 3.05 bits per heavy atom. The third kappa shape index (κ3) is 4.25. The highest BCUT2D eigenvalue weighted by molar-refractivity contribution is 5.57. The molecule has 1 aliphatic rings. The van der Waals surface area contributed by atoms with Crippen LogP contribution >= 0.6 is 0 Å². The molecule has 3 nitrogen and oxygen atoms in total. The predicted molar refractivity (Wildman–Crippen MR) is 79.1 cm³/mol. The normalized spacial score (nSPS) is 21.2. The Balaban J connectivity index is 1.89. The number of nitrogens with zero attached hydrogens (tertiary/aromatic N) is 1. The Labute approximate surface area is 116 Å². The second kappa shape index (κ2) is 7.16. The monoisotopic (exact) mass is 257 g/mol. The van der Waals surface area contributed by atoms with Gasteiger partial charge in [0, 0.05) is 12.1 Å². The number of anilines is 1. The summed E-state index contributed by atoms with van der Waals surface area (Å²) in [7, 11) is 0. The first kappa shape index (κ1) is 13.9. The molecule has 0 saturated carbocycles. The van der Waals surface area contributed by atoms with E-state index in [0.29, 0.717) is 12.1 Å². The average molecular weight is 257 g/mol. The molecule has 0 aromatic heterocycles. The van der Waals surface area contributed by atoms with Crippen molar-refractivity contribution in [2.45, 2.75) is 51.1 Å². The van der Waals surface area contributed by atoms with Gasteiger partial charge in [-0.1, -0.05) is 25.0 Å². The summed E-state index contributed by atoms with van der Waals surface area (Å²) in [6.07, 6.45) is 6.36. The lowest BCUT2D eigenvalue weighted by Crippen LogP contribution is -2.33. The van der Waals surface area contributed by atoms with E-state index in [4.69, 9.17) is 5.26 Å². The van der Waals surface area contributed by atoms with E-state index in [2.05, 4.69) is 23.6 Å². The second-order valence-corrected chi connectivity index (χ2v) is 5.44. The van der Waals surface area contributed by atoms with Crippen molar-refractivity contribution in [1.29, 1.82) is 5.26 Å². The molecule has 19 heavy (non-hydrogen) atoms. The van der Waals surface area contributed by atoms with Crippen LogP contribution in [0.3, 0.4) is 0 Å². The minimum absolute atomic E-state index is 0.380. The summed E-state index contributed by atoms with van der Waals surface area (Å²) in [5.74, 6) is 0. The highest BCUT2D eigenvalue weighted by atomic mass is 15.0. The van der Waals surface area contributed by atoms with Crippen LogP contribution in [0.5, 0.6) is 0 Å².